The molecule has 6 unspecified atom stereocenters. The first-order valence-corrected chi connectivity index (χ1v) is 7.93. The second-order valence-corrected chi connectivity index (χ2v) is 7.21. The van der Waals surface area contributed by atoms with Crippen molar-refractivity contribution in [3.8, 4) is 0 Å². The second kappa shape index (κ2) is 3.75. The minimum Gasteiger partial charge on any atom is -0.0530 e. The summed E-state index contributed by atoms with van der Waals surface area (Å²) in [7, 11) is 0. The Labute approximate surface area is 100 Å². The van der Waals surface area contributed by atoms with E-state index >= 15 is 0 Å². The van der Waals surface area contributed by atoms with Crippen LogP contribution in [0, 0.1) is 35.5 Å². The number of hydrogen-bond acceptors (Lipinski definition) is 0. The molecule has 0 nitrogen and oxygen atoms in total. The van der Waals surface area contributed by atoms with Crippen LogP contribution in [0.25, 0.3) is 0 Å². The third kappa shape index (κ3) is 1.34. The van der Waals surface area contributed by atoms with Crippen molar-refractivity contribution >= 4 is 0 Å². The van der Waals surface area contributed by atoms with E-state index in [-0.39, 0.29) is 0 Å². The van der Waals surface area contributed by atoms with Crippen molar-refractivity contribution in [1.82, 2.24) is 0 Å². The first-order valence-electron chi connectivity index (χ1n) is 7.93. The highest BCUT2D eigenvalue weighted by Gasteiger charge is 2.51. The molecular weight excluding hydrogens is 192 g/mol. The highest BCUT2D eigenvalue weighted by Crippen LogP contribution is 2.60. The summed E-state index contributed by atoms with van der Waals surface area (Å²) in [5.41, 5.74) is 0. The minimum absolute atomic E-state index is 1.16. The molecule has 0 aromatic heterocycles. The fraction of sp³-hybridized carbons (Fsp3) is 1.00. The Morgan fingerprint density at radius 3 is 2.31 bits per heavy atom. The molecule has 0 N–H and O–H groups in total. The summed E-state index contributed by atoms with van der Waals surface area (Å²) in [6.07, 6.45) is 15.9. The fourth-order valence-electron chi connectivity index (χ4n) is 6.30. The van der Waals surface area contributed by atoms with Gasteiger partial charge >= 0.3 is 0 Å². The Morgan fingerprint density at radius 2 is 1.31 bits per heavy atom. The van der Waals surface area contributed by atoms with Crippen LogP contribution in [-0.2, 0) is 0 Å². The molecule has 90 valence electrons. The highest BCUT2D eigenvalue weighted by molar-refractivity contribution is 5.01. The monoisotopic (exact) mass is 218 g/mol. The van der Waals surface area contributed by atoms with Crippen molar-refractivity contribution in [3.63, 3.8) is 0 Å². The average molecular weight is 218 g/mol. The molecule has 6 atom stereocenters. The molecular formula is C16H26. The summed E-state index contributed by atoms with van der Waals surface area (Å²) in [4.78, 5) is 0. The van der Waals surface area contributed by atoms with Gasteiger partial charge in [0, 0.05) is 0 Å². The van der Waals surface area contributed by atoms with E-state index in [9.17, 15) is 0 Å². The largest absolute Gasteiger partial charge is 0.0530 e. The van der Waals surface area contributed by atoms with Gasteiger partial charge in [-0.3, -0.25) is 0 Å². The van der Waals surface area contributed by atoms with E-state index in [2.05, 4.69) is 0 Å². The molecule has 4 saturated carbocycles. The molecule has 0 radical (unpaired) electrons. The van der Waals surface area contributed by atoms with E-state index in [1.807, 2.05) is 0 Å². The maximum Gasteiger partial charge on any atom is -0.0326 e. The quantitative estimate of drug-likeness (QED) is 0.555. The molecule has 0 heteroatoms. The van der Waals surface area contributed by atoms with Gasteiger partial charge in [0.1, 0.15) is 0 Å². The van der Waals surface area contributed by atoms with Gasteiger partial charge in [-0.1, -0.05) is 38.5 Å². The lowest BCUT2D eigenvalue weighted by molar-refractivity contribution is -0.00803. The van der Waals surface area contributed by atoms with Crippen LogP contribution in [0.15, 0.2) is 0 Å². The van der Waals surface area contributed by atoms with Gasteiger partial charge in [0.15, 0.2) is 0 Å². The summed E-state index contributed by atoms with van der Waals surface area (Å²) in [5.74, 6) is 7.08. The van der Waals surface area contributed by atoms with Crippen LogP contribution < -0.4 is 0 Å². The molecule has 0 aromatic carbocycles. The van der Waals surface area contributed by atoms with Crippen LogP contribution in [0.5, 0.6) is 0 Å². The van der Waals surface area contributed by atoms with E-state index < -0.39 is 0 Å². The zero-order chi connectivity index (χ0) is 10.5. The maximum atomic E-state index is 1.64. The van der Waals surface area contributed by atoms with Crippen LogP contribution in [0.3, 0.4) is 0 Å². The predicted molar refractivity (Wildman–Crippen MR) is 67.1 cm³/mol. The molecule has 16 heavy (non-hydrogen) atoms. The molecule has 0 aromatic rings. The summed E-state index contributed by atoms with van der Waals surface area (Å²) in [5, 5.41) is 0. The van der Waals surface area contributed by atoms with E-state index in [0.717, 1.165) is 5.92 Å². The zero-order valence-corrected chi connectivity index (χ0v) is 10.5. The Bertz CT molecular complexity index is 269. The topological polar surface area (TPSA) is 0 Å². The zero-order valence-electron chi connectivity index (χ0n) is 10.5. The van der Waals surface area contributed by atoms with Gasteiger partial charge in [-0.05, 0) is 61.2 Å². The van der Waals surface area contributed by atoms with Crippen molar-refractivity contribution in [2.45, 2.75) is 64.2 Å². The van der Waals surface area contributed by atoms with Gasteiger partial charge in [0.05, 0.1) is 0 Å². The van der Waals surface area contributed by atoms with Crippen molar-refractivity contribution < 1.29 is 0 Å². The van der Waals surface area contributed by atoms with Gasteiger partial charge in [-0.15, -0.1) is 0 Å². The lowest BCUT2D eigenvalue weighted by Crippen LogP contribution is -2.42. The van der Waals surface area contributed by atoms with E-state index in [1.54, 1.807) is 64.2 Å². The van der Waals surface area contributed by atoms with Gasteiger partial charge in [0.25, 0.3) is 0 Å². The summed E-state index contributed by atoms with van der Waals surface area (Å²) in [6, 6.07) is 0. The molecule has 0 heterocycles. The van der Waals surface area contributed by atoms with Gasteiger partial charge < -0.3 is 0 Å². The first kappa shape index (κ1) is 9.97. The number of hydrogen-bond donors (Lipinski definition) is 0. The molecule has 0 saturated heterocycles. The molecule has 4 rings (SSSR count). The normalized spacial score (nSPS) is 55.5. The predicted octanol–water partition coefficient (Wildman–Crippen LogP) is 4.64. The molecule has 4 fully saturated rings. The van der Waals surface area contributed by atoms with Crippen LogP contribution >= 0.6 is 0 Å². The minimum atomic E-state index is 1.16. The summed E-state index contributed by atoms with van der Waals surface area (Å²) >= 11 is 0. The molecule has 0 amide bonds. The average Bonchev–Trinajstić information content (AvgIpc) is 2.76. The SMILES string of the molecule is C1CCC2C(C1)CC1CCCC3CCC2C31. The molecule has 4 aliphatic carbocycles. The standard InChI is InChI=1S/C16H26/c1-2-7-14-12(4-1)10-13-6-3-5-11-8-9-15(14)16(11)13/h11-16H,1-10H2. The lowest BCUT2D eigenvalue weighted by atomic mass is 9.55. The Kier molecular flexibility index (Phi) is 2.34. The van der Waals surface area contributed by atoms with E-state index in [0.29, 0.717) is 0 Å². The Balaban J connectivity index is 1.63. The van der Waals surface area contributed by atoms with Gasteiger partial charge in [-0.2, -0.15) is 0 Å². The summed E-state index contributed by atoms with van der Waals surface area (Å²) < 4.78 is 0. The molecule has 4 aliphatic rings. The first-order chi connectivity index (χ1) is 7.93. The van der Waals surface area contributed by atoms with Gasteiger partial charge in [-0.25, -0.2) is 0 Å². The van der Waals surface area contributed by atoms with Crippen molar-refractivity contribution in [3.05, 3.63) is 0 Å². The van der Waals surface area contributed by atoms with E-state index in [1.165, 1.54) is 29.6 Å². The van der Waals surface area contributed by atoms with Crippen molar-refractivity contribution in [2.24, 2.45) is 35.5 Å². The van der Waals surface area contributed by atoms with Crippen LogP contribution in [-0.4, -0.2) is 0 Å². The molecule has 0 spiro atoms. The third-order valence-corrected chi connectivity index (χ3v) is 6.73. The van der Waals surface area contributed by atoms with Crippen LogP contribution in [0.4, 0.5) is 0 Å². The maximum absolute atomic E-state index is 1.64. The fourth-order valence-corrected chi connectivity index (χ4v) is 6.30. The van der Waals surface area contributed by atoms with E-state index in [4.69, 9.17) is 0 Å². The molecule has 0 aliphatic heterocycles. The number of rotatable bonds is 0. The summed E-state index contributed by atoms with van der Waals surface area (Å²) in [6.45, 7) is 0. The lowest BCUT2D eigenvalue weighted by Gasteiger charge is -2.50. The Hall–Kier alpha value is 0. The Morgan fingerprint density at radius 1 is 0.500 bits per heavy atom. The highest BCUT2D eigenvalue weighted by atomic mass is 14.6. The number of fused-ring (bicyclic) bond motifs is 2. The third-order valence-electron chi connectivity index (χ3n) is 6.73. The smallest absolute Gasteiger partial charge is 0.0326 e. The second-order valence-electron chi connectivity index (χ2n) is 7.21. The van der Waals surface area contributed by atoms with Crippen LogP contribution in [0.1, 0.15) is 64.2 Å². The van der Waals surface area contributed by atoms with Crippen LogP contribution in [0.2, 0.25) is 0 Å². The van der Waals surface area contributed by atoms with Gasteiger partial charge in [0.2, 0.25) is 0 Å². The van der Waals surface area contributed by atoms with Crippen molar-refractivity contribution in [2.75, 3.05) is 0 Å². The molecule has 0 bridgehead atoms. The van der Waals surface area contributed by atoms with Crippen molar-refractivity contribution in [1.29, 1.82) is 0 Å².